The van der Waals surface area contributed by atoms with Gasteiger partial charge in [0, 0.05) is 10.9 Å². The van der Waals surface area contributed by atoms with Crippen LogP contribution < -0.4 is 0 Å². The Morgan fingerprint density at radius 1 is 1.00 bits per heavy atom. The molecule has 0 unspecified atom stereocenters. The number of furan rings is 1. The number of carboxylic acids is 1. The van der Waals surface area contributed by atoms with Gasteiger partial charge in [-0.1, -0.05) is 51.4 Å². The average Bonchev–Trinajstić information content (AvgIpc) is 2.94. The zero-order chi connectivity index (χ0) is 19.6. The molecule has 1 aliphatic rings. The summed E-state index contributed by atoms with van der Waals surface area (Å²) in [6, 6.07) is 10.9. The minimum absolute atomic E-state index is 0.0988. The second kappa shape index (κ2) is 5.87. The van der Waals surface area contributed by atoms with Crippen molar-refractivity contribution in [3.8, 4) is 11.3 Å². The SMILES string of the molecule is CC1(C)CCC(C)(C)c2cc3c(Cl)c(-c4ccc(C(=O)O)cc4)oc3cc21. The van der Waals surface area contributed by atoms with Crippen LogP contribution in [0.25, 0.3) is 22.3 Å². The van der Waals surface area contributed by atoms with Gasteiger partial charge in [-0.15, -0.1) is 0 Å². The summed E-state index contributed by atoms with van der Waals surface area (Å²) < 4.78 is 6.13. The first kappa shape index (κ1) is 18.1. The summed E-state index contributed by atoms with van der Waals surface area (Å²) in [6.45, 7) is 9.13. The molecule has 4 rings (SSSR count). The fraction of sp³-hybridized carbons (Fsp3) is 0.348. The zero-order valence-corrected chi connectivity index (χ0v) is 16.8. The van der Waals surface area contributed by atoms with Crippen molar-refractivity contribution >= 4 is 28.5 Å². The molecule has 0 amide bonds. The highest BCUT2D eigenvalue weighted by molar-refractivity contribution is 6.38. The van der Waals surface area contributed by atoms with E-state index < -0.39 is 5.97 Å². The van der Waals surface area contributed by atoms with E-state index in [1.807, 2.05) is 0 Å². The molecule has 0 atom stereocenters. The second-order valence-corrected chi connectivity index (χ2v) is 9.17. The van der Waals surface area contributed by atoms with Crippen LogP contribution in [-0.4, -0.2) is 11.1 Å². The number of benzene rings is 2. The van der Waals surface area contributed by atoms with Crippen LogP contribution in [0.2, 0.25) is 5.02 Å². The van der Waals surface area contributed by atoms with Crippen molar-refractivity contribution in [2.45, 2.75) is 51.4 Å². The minimum Gasteiger partial charge on any atom is -0.478 e. The summed E-state index contributed by atoms with van der Waals surface area (Å²) in [4.78, 5) is 11.1. The Balaban J connectivity index is 1.91. The Kier molecular flexibility index (Phi) is 3.94. The van der Waals surface area contributed by atoms with E-state index in [2.05, 4.69) is 39.8 Å². The van der Waals surface area contributed by atoms with Gasteiger partial charge >= 0.3 is 5.97 Å². The van der Waals surface area contributed by atoms with Gasteiger partial charge in [0.1, 0.15) is 5.58 Å². The van der Waals surface area contributed by atoms with E-state index in [4.69, 9.17) is 21.1 Å². The van der Waals surface area contributed by atoms with Gasteiger partial charge in [-0.25, -0.2) is 4.79 Å². The maximum atomic E-state index is 11.1. The van der Waals surface area contributed by atoms with Crippen LogP contribution in [0.3, 0.4) is 0 Å². The van der Waals surface area contributed by atoms with Gasteiger partial charge in [0.05, 0.1) is 10.6 Å². The number of hydrogen-bond acceptors (Lipinski definition) is 2. The summed E-state index contributed by atoms with van der Waals surface area (Å²) in [5.41, 5.74) is 4.65. The third-order valence-corrected chi connectivity index (χ3v) is 6.37. The van der Waals surface area contributed by atoms with Crippen LogP contribution in [0.4, 0.5) is 0 Å². The predicted molar refractivity (Wildman–Crippen MR) is 109 cm³/mol. The molecule has 1 aromatic heterocycles. The van der Waals surface area contributed by atoms with Crippen molar-refractivity contribution in [1.29, 1.82) is 0 Å². The Morgan fingerprint density at radius 2 is 1.56 bits per heavy atom. The van der Waals surface area contributed by atoms with E-state index in [1.54, 1.807) is 24.3 Å². The quantitative estimate of drug-likeness (QED) is 0.530. The molecule has 0 saturated heterocycles. The van der Waals surface area contributed by atoms with E-state index in [1.165, 1.54) is 11.1 Å². The molecule has 4 heteroatoms. The molecule has 2 aromatic carbocycles. The molecule has 0 bridgehead atoms. The first-order chi connectivity index (χ1) is 12.6. The molecule has 3 aromatic rings. The van der Waals surface area contributed by atoms with Gasteiger partial charge in [-0.05, 0) is 59.1 Å². The van der Waals surface area contributed by atoms with Crippen LogP contribution in [-0.2, 0) is 10.8 Å². The largest absolute Gasteiger partial charge is 0.478 e. The van der Waals surface area contributed by atoms with Gasteiger partial charge < -0.3 is 9.52 Å². The summed E-state index contributed by atoms with van der Waals surface area (Å²) in [6.07, 6.45) is 2.27. The summed E-state index contributed by atoms with van der Waals surface area (Å²) in [5.74, 6) is -0.365. The lowest BCUT2D eigenvalue weighted by atomic mass is 9.63. The highest BCUT2D eigenvalue weighted by atomic mass is 35.5. The van der Waals surface area contributed by atoms with Crippen molar-refractivity contribution in [2.24, 2.45) is 0 Å². The maximum Gasteiger partial charge on any atom is 0.335 e. The van der Waals surface area contributed by atoms with Crippen molar-refractivity contribution in [3.63, 3.8) is 0 Å². The lowest BCUT2D eigenvalue weighted by Crippen LogP contribution is -2.33. The van der Waals surface area contributed by atoms with Gasteiger partial charge in [0.15, 0.2) is 5.76 Å². The Morgan fingerprint density at radius 3 is 2.11 bits per heavy atom. The van der Waals surface area contributed by atoms with Crippen LogP contribution >= 0.6 is 11.6 Å². The highest BCUT2D eigenvalue weighted by Crippen LogP contribution is 2.49. The summed E-state index contributed by atoms with van der Waals surface area (Å²) in [7, 11) is 0. The molecular formula is C23H23ClO3. The monoisotopic (exact) mass is 382 g/mol. The number of aromatic carboxylic acids is 1. The third kappa shape index (κ3) is 2.85. The van der Waals surface area contributed by atoms with E-state index in [0.29, 0.717) is 10.8 Å². The number of halogens is 1. The van der Waals surface area contributed by atoms with E-state index in [0.717, 1.165) is 29.4 Å². The minimum atomic E-state index is -0.950. The topological polar surface area (TPSA) is 50.4 Å². The highest BCUT2D eigenvalue weighted by Gasteiger charge is 2.38. The Bertz CT molecular complexity index is 1060. The molecule has 1 N–H and O–H groups in total. The van der Waals surface area contributed by atoms with Gasteiger partial charge in [-0.2, -0.15) is 0 Å². The van der Waals surface area contributed by atoms with E-state index >= 15 is 0 Å². The van der Waals surface area contributed by atoms with Crippen molar-refractivity contribution in [2.75, 3.05) is 0 Å². The van der Waals surface area contributed by atoms with Crippen molar-refractivity contribution < 1.29 is 14.3 Å². The summed E-state index contributed by atoms with van der Waals surface area (Å²) in [5, 5.41) is 10.6. The molecular weight excluding hydrogens is 360 g/mol. The van der Waals surface area contributed by atoms with Gasteiger partial charge in [0.25, 0.3) is 0 Å². The van der Waals surface area contributed by atoms with Gasteiger partial charge in [0.2, 0.25) is 0 Å². The molecule has 1 heterocycles. The molecule has 27 heavy (non-hydrogen) atoms. The number of carboxylic acid groups (broad SMARTS) is 1. The predicted octanol–water partition coefficient (Wildman–Crippen LogP) is 6.80. The van der Waals surface area contributed by atoms with Crippen molar-refractivity contribution in [1.82, 2.24) is 0 Å². The van der Waals surface area contributed by atoms with Crippen LogP contribution in [0.15, 0.2) is 40.8 Å². The van der Waals surface area contributed by atoms with E-state index in [-0.39, 0.29) is 16.4 Å². The number of rotatable bonds is 2. The van der Waals surface area contributed by atoms with Crippen LogP contribution in [0.5, 0.6) is 0 Å². The number of carbonyl (C=O) groups is 1. The zero-order valence-electron chi connectivity index (χ0n) is 16.0. The van der Waals surface area contributed by atoms with Gasteiger partial charge in [-0.3, -0.25) is 0 Å². The van der Waals surface area contributed by atoms with E-state index in [9.17, 15) is 4.79 Å². The molecule has 0 spiro atoms. The van der Waals surface area contributed by atoms with Crippen molar-refractivity contribution in [3.05, 3.63) is 58.1 Å². The van der Waals surface area contributed by atoms with Crippen LogP contribution in [0, 0.1) is 0 Å². The molecule has 0 saturated carbocycles. The molecule has 3 nitrogen and oxygen atoms in total. The molecule has 0 aliphatic heterocycles. The molecule has 140 valence electrons. The third-order valence-electron chi connectivity index (χ3n) is 5.99. The fourth-order valence-electron chi connectivity index (χ4n) is 4.08. The molecule has 0 radical (unpaired) electrons. The standard InChI is InChI=1S/C23H23ClO3/c1-22(2)9-10-23(3,4)17-12-18-15(11-16(17)22)19(24)20(27-18)13-5-7-14(8-6-13)21(25)26/h5-8,11-12H,9-10H2,1-4H3,(H,25,26). The lowest BCUT2D eigenvalue weighted by molar-refractivity contribution is 0.0697. The average molecular weight is 383 g/mol. The Hall–Kier alpha value is -2.26. The second-order valence-electron chi connectivity index (χ2n) is 8.79. The number of hydrogen-bond donors (Lipinski definition) is 1. The number of fused-ring (bicyclic) bond motifs is 2. The normalized spacial score (nSPS) is 17.7. The fourth-order valence-corrected chi connectivity index (χ4v) is 4.37. The smallest absolute Gasteiger partial charge is 0.335 e. The first-order valence-electron chi connectivity index (χ1n) is 9.21. The molecule has 0 fully saturated rings. The maximum absolute atomic E-state index is 11.1. The summed E-state index contributed by atoms with van der Waals surface area (Å²) >= 11 is 6.69. The Labute approximate surface area is 164 Å². The molecule has 1 aliphatic carbocycles. The first-order valence-corrected chi connectivity index (χ1v) is 9.59. The van der Waals surface area contributed by atoms with Crippen LogP contribution in [0.1, 0.15) is 62.0 Å². The lowest BCUT2D eigenvalue weighted by Gasteiger charge is -2.41.